The Kier molecular flexibility index (Phi) is 7.31. The molecule has 1 amide bonds. The van der Waals surface area contributed by atoms with Gasteiger partial charge in [-0.15, -0.1) is 0 Å². The SMILES string of the molecule is CCC(NC(=O)CN(c1cccc(OC)c1)S(=O)(=O)c1ccccc1)c1ccccc1. The summed E-state index contributed by atoms with van der Waals surface area (Å²) in [7, 11) is -2.46. The predicted octanol–water partition coefficient (Wildman–Crippen LogP) is 4.16. The second-order valence-corrected chi connectivity index (χ2v) is 8.83. The average molecular weight is 439 g/mol. The van der Waals surface area contributed by atoms with Gasteiger partial charge in [-0.3, -0.25) is 9.10 Å². The minimum Gasteiger partial charge on any atom is -0.497 e. The maximum Gasteiger partial charge on any atom is 0.264 e. The first-order chi connectivity index (χ1) is 15.0. The number of carbonyl (C=O) groups excluding carboxylic acids is 1. The molecule has 0 radical (unpaired) electrons. The standard InChI is InChI=1S/C24H26N2O4S/c1-3-23(19-11-6-4-7-12-19)25-24(27)18-26(20-13-10-14-21(17-20)30-2)31(28,29)22-15-8-5-9-16-22/h4-17,23H,3,18H2,1-2H3,(H,25,27). The van der Waals surface area contributed by atoms with Crippen molar-refractivity contribution in [2.75, 3.05) is 18.0 Å². The van der Waals surface area contributed by atoms with E-state index in [9.17, 15) is 13.2 Å². The molecular formula is C24H26N2O4S. The number of ether oxygens (including phenoxy) is 1. The largest absolute Gasteiger partial charge is 0.497 e. The van der Waals surface area contributed by atoms with Crippen LogP contribution < -0.4 is 14.4 Å². The Hall–Kier alpha value is -3.32. The van der Waals surface area contributed by atoms with Crippen LogP contribution in [0.2, 0.25) is 0 Å². The smallest absolute Gasteiger partial charge is 0.264 e. The molecule has 1 atom stereocenters. The van der Waals surface area contributed by atoms with Crippen LogP contribution in [0.1, 0.15) is 24.9 Å². The lowest BCUT2D eigenvalue weighted by atomic mass is 10.0. The van der Waals surface area contributed by atoms with E-state index in [-0.39, 0.29) is 17.5 Å². The molecule has 7 heteroatoms. The summed E-state index contributed by atoms with van der Waals surface area (Å²) in [5.74, 6) is 0.111. The third-order valence-corrected chi connectivity index (χ3v) is 6.69. The van der Waals surface area contributed by atoms with Gasteiger partial charge >= 0.3 is 0 Å². The molecule has 0 saturated carbocycles. The number of nitrogens with one attached hydrogen (secondary N) is 1. The van der Waals surface area contributed by atoms with Gasteiger partial charge in [-0.25, -0.2) is 8.42 Å². The Bertz CT molecular complexity index is 1100. The Morgan fingerprint density at radius 1 is 0.968 bits per heavy atom. The van der Waals surface area contributed by atoms with E-state index in [1.165, 1.54) is 19.2 Å². The van der Waals surface area contributed by atoms with Crippen LogP contribution in [0.25, 0.3) is 0 Å². The van der Waals surface area contributed by atoms with E-state index in [4.69, 9.17) is 4.74 Å². The van der Waals surface area contributed by atoms with E-state index in [0.717, 1.165) is 9.87 Å². The first-order valence-electron chi connectivity index (χ1n) is 10.0. The average Bonchev–Trinajstić information content (AvgIpc) is 2.82. The number of carbonyl (C=O) groups is 1. The maximum absolute atomic E-state index is 13.4. The van der Waals surface area contributed by atoms with Crippen LogP contribution in [0.5, 0.6) is 5.75 Å². The second-order valence-electron chi connectivity index (χ2n) is 6.97. The van der Waals surface area contributed by atoms with Gasteiger partial charge in [-0.05, 0) is 36.2 Å². The van der Waals surface area contributed by atoms with Crippen molar-refractivity contribution in [2.45, 2.75) is 24.3 Å². The predicted molar refractivity (Wildman–Crippen MR) is 122 cm³/mol. The van der Waals surface area contributed by atoms with Crippen LogP contribution in [-0.4, -0.2) is 28.0 Å². The van der Waals surface area contributed by atoms with Gasteiger partial charge in [-0.2, -0.15) is 0 Å². The van der Waals surface area contributed by atoms with Gasteiger partial charge in [0.2, 0.25) is 5.91 Å². The Balaban J connectivity index is 1.92. The first kappa shape index (κ1) is 22.4. The zero-order valence-electron chi connectivity index (χ0n) is 17.6. The van der Waals surface area contributed by atoms with Crippen molar-refractivity contribution in [1.29, 1.82) is 0 Å². The number of amides is 1. The molecule has 0 aliphatic rings. The van der Waals surface area contributed by atoms with Crippen molar-refractivity contribution in [3.63, 3.8) is 0 Å². The molecule has 0 spiro atoms. The van der Waals surface area contributed by atoms with Gasteiger partial charge < -0.3 is 10.1 Å². The maximum atomic E-state index is 13.4. The number of sulfonamides is 1. The molecule has 31 heavy (non-hydrogen) atoms. The van der Waals surface area contributed by atoms with Gasteiger partial charge in [0.15, 0.2) is 0 Å². The Morgan fingerprint density at radius 3 is 2.23 bits per heavy atom. The molecule has 3 aromatic rings. The van der Waals surface area contributed by atoms with Crippen molar-refractivity contribution in [2.24, 2.45) is 0 Å². The first-order valence-corrected chi connectivity index (χ1v) is 11.5. The summed E-state index contributed by atoms with van der Waals surface area (Å²) < 4.78 is 33.2. The topological polar surface area (TPSA) is 75.7 Å². The van der Waals surface area contributed by atoms with Gasteiger partial charge in [0.25, 0.3) is 10.0 Å². The van der Waals surface area contributed by atoms with Crippen molar-refractivity contribution < 1.29 is 17.9 Å². The molecule has 0 heterocycles. The fraction of sp³-hybridized carbons (Fsp3) is 0.208. The molecule has 1 unspecified atom stereocenters. The molecule has 1 N–H and O–H groups in total. The summed E-state index contributed by atoms with van der Waals surface area (Å²) in [6.07, 6.45) is 0.681. The minimum atomic E-state index is -3.96. The van der Waals surface area contributed by atoms with E-state index < -0.39 is 15.9 Å². The molecule has 162 valence electrons. The Labute approximate surface area is 183 Å². The van der Waals surface area contributed by atoms with E-state index in [0.29, 0.717) is 17.9 Å². The third-order valence-electron chi connectivity index (χ3n) is 4.91. The van der Waals surface area contributed by atoms with Crippen molar-refractivity contribution in [3.05, 3.63) is 90.5 Å². The zero-order chi connectivity index (χ0) is 22.3. The van der Waals surface area contributed by atoms with E-state index in [1.54, 1.807) is 42.5 Å². The lowest BCUT2D eigenvalue weighted by molar-refractivity contribution is -0.120. The van der Waals surface area contributed by atoms with E-state index in [2.05, 4.69) is 5.32 Å². The fourth-order valence-electron chi connectivity index (χ4n) is 3.28. The molecule has 3 rings (SSSR count). The molecule has 3 aromatic carbocycles. The monoisotopic (exact) mass is 438 g/mol. The summed E-state index contributed by atoms with van der Waals surface area (Å²) in [6, 6.07) is 24.1. The fourth-order valence-corrected chi connectivity index (χ4v) is 4.71. The van der Waals surface area contributed by atoms with Crippen molar-refractivity contribution in [1.82, 2.24) is 5.32 Å². The van der Waals surface area contributed by atoms with Crippen LogP contribution in [0.4, 0.5) is 5.69 Å². The number of anilines is 1. The molecule has 6 nitrogen and oxygen atoms in total. The number of nitrogens with zero attached hydrogens (tertiary/aromatic N) is 1. The number of methoxy groups -OCH3 is 1. The van der Waals surface area contributed by atoms with E-state index in [1.807, 2.05) is 37.3 Å². The lowest BCUT2D eigenvalue weighted by Crippen LogP contribution is -2.42. The molecule has 0 bridgehead atoms. The molecule has 0 aromatic heterocycles. The summed E-state index contributed by atoms with van der Waals surface area (Å²) >= 11 is 0. The van der Waals surface area contributed by atoms with Gasteiger partial charge in [0, 0.05) is 6.07 Å². The molecule has 0 aliphatic carbocycles. The summed E-state index contributed by atoms with van der Waals surface area (Å²) in [5, 5.41) is 2.96. The van der Waals surface area contributed by atoms with Crippen molar-refractivity contribution >= 4 is 21.6 Å². The quantitative estimate of drug-likeness (QED) is 0.544. The van der Waals surface area contributed by atoms with Crippen LogP contribution in [0, 0.1) is 0 Å². The highest BCUT2D eigenvalue weighted by Crippen LogP contribution is 2.27. The molecule has 0 saturated heterocycles. The van der Waals surface area contributed by atoms with Gasteiger partial charge in [0.05, 0.1) is 23.7 Å². The minimum absolute atomic E-state index is 0.112. The third kappa shape index (κ3) is 5.44. The number of rotatable bonds is 9. The highest BCUT2D eigenvalue weighted by molar-refractivity contribution is 7.92. The van der Waals surface area contributed by atoms with Crippen molar-refractivity contribution in [3.8, 4) is 5.75 Å². The summed E-state index contributed by atoms with van der Waals surface area (Å²) in [6.45, 7) is 1.62. The van der Waals surface area contributed by atoms with Crippen LogP contribution in [0.15, 0.2) is 89.8 Å². The molecular weight excluding hydrogens is 412 g/mol. The second kappa shape index (κ2) is 10.1. The highest BCUT2D eigenvalue weighted by atomic mass is 32.2. The van der Waals surface area contributed by atoms with Gasteiger partial charge in [-0.1, -0.05) is 61.5 Å². The number of benzene rings is 3. The molecule has 0 aliphatic heterocycles. The molecule has 0 fully saturated rings. The normalized spacial score (nSPS) is 12.1. The lowest BCUT2D eigenvalue weighted by Gasteiger charge is -2.26. The number of hydrogen-bond acceptors (Lipinski definition) is 4. The van der Waals surface area contributed by atoms with E-state index >= 15 is 0 Å². The summed E-state index contributed by atoms with van der Waals surface area (Å²) in [5.41, 5.74) is 1.32. The zero-order valence-corrected chi connectivity index (χ0v) is 18.4. The summed E-state index contributed by atoms with van der Waals surface area (Å²) in [4.78, 5) is 13.1. The highest BCUT2D eigenvalue weighted by Gasteiger charge is 2.28. The van der Waals surface area contributed by atoms with Crippen LogP contribution in [-0.2, 0) is 14.8 Å². The van der Waals surface area contributed by atoms with Gasteiger partial charge in [0.1, 0.15) is 12.3 Å². The number of hydrogen-bond donors (Lipinski definition) is 1. The van der Waals surface area contributed by atoms with Crippen LogP contribution >= 0.6 is 0 Å². The Morgan fingerprint density at radius 2 is 1.61 bits per heavy atom. The van der Waals surface area contributed by atoms with Crippen LogP contribution in [0.3, 0.4) is 0 Å².